The average Bonchev–Trinajstić information content (AvgIpc) is 2.14. The maximum Gasteiger partial charge on any atom is 0.208 e. The molecule has 0 unspecified atom stereocenters. The highest BCUT2D eigenvalue weighted by Crippen LogP contribution is 2.27. The van der Waals surface area contributed by atoms with Crippen LogP contribution in [0, 0.1) is 17.4 Å². The van der Waals surface area contributed by atoms with E-state index in [2.05, 4.69) is 16.8 Å². The summed E-state index contributed by atoms with van der Waals surface area (Å²) in [5.41, 5.74) is 0. The number of nitrogens with zero attached hydrogens (tertiary/aromatic N) is 3. The summed E-state index contributed by atoms with van der Waals surface area (Å²) >= 11 is 1.56. The number of aliphatic imine (C=N–C) groups is 1. The first-order valence-corrected chi connectivity index (χ1v) is 6.30. The molecule has 1 fully saturated rings. The molecule has 4 heteroatoms. The molecule has 1 aliphatic carbocycles. The molecular formula is C10H17N3S. The van der Waals surface area contributed by atoms with E-state index in [4.69, 9.17) is 5.26 Å². The van der Waals surface area contributed by atoms with E-state index in [-0.39, 0.29) is 0 Å². The molecule has 0 saturated heterocycles. The smallest absolute Gasteiger partial charge is 0.208 e. The summed E-state index contributed by atoms with van der Waals surface area (Å²) in [5, 5.41) is 9.40. The van der Waals surface area contributed by atoms with Crippen LogP contribution in [-0.2, 0) is 0 Å². The van der Waals surface area contributed by atoms with Gasteiger partial charge in [-0.2, -0.15) is 5.26 Å². The highest BCUT2D eigenvalue weighted by atomic mass is 32.2. The SMILES string of the molecule is CCN(CC1CCC1)C(=NC#N)SC. The van der Waals surface area contributed by atoms with Crippen LogP contribution in [0.3, 0.4) is 0 Å². The van der Waals surface area contributed by atoms with E-state index in [1.54, 1.807) is 11.8 Å². The van der Waals surface area contributed by atoms with Crippen molar-refractivity contribution in [3.05, 3.63) is 0 Å². The van der Waals surface area contributed by atoms with Crippen LogP contribution < -0.4 is 0 Å². The molecule has 3 nitrogen and oxygen atoms in total. The van der Waals surface area contributed by atoms with Gasteiger partial charge in [-0.05, 0) is 31.9 Å². The molecule has 0 spiro atoms. The molecule has 14 heavy (non-hydrogen) atoms. The van der Waals surface area contributed by atoms with Crippen LogP contribution in [0.25, 0.3) is 0 Å². The molecule has 1 rings (SSSR count). The molecule has 0 aromatic rings. The Morgan fingerprint density at radius 1 is 1.64 bits per heavy atom. The summed E-state index contributed by atoms with van der Waals surface area (Å²) in [7, 11) is 0. The third kappa shape index (κ3) is 2.91. The Kier molecular flexibility index (Phi) is 4.81. The van der Waals surface area contributed by atoms with Gasteiger partial charge in [-0.15, -0.1) is 4.99 Å². The standard InChI is InChI=1S/C10H17N3S/c1-3-13(7-9-5-4-6-9)10(14-2)12-8-11/h9H,3-7H2,1-2H3. The van der Waals surface area contributed by atoms with Crippen molar-refractivity contribution in [3.63, 3.8) is 0 Å². The van der Waals surface area contributed by atoms with Crippen molar-refractivity contribution >= 4 is 16.9 Å². The lowest BCUT2D eigenvalue weighted by atomic mass is 9.85. The second-order valence-electron chi connectivity index (χ2n) is 3.53. The number of rotatable bonds is 3. The predicted octanol–water partition coefficient (Wildman–Crippen LogP) is 2.31. The van der Waals surface area contributed by atoms with Crippen LogP contribution in [0.1, 0.15) is 26.2 Å². The number of hydrogen-bond donors (Lipinski definition) is 0. The number of nitriles is 1. The molecule has 0 N–H and O–H groups in total. The largest absolute Gasteiger partial charge is 0.351 e. The first-order chi connectivity index (χ1) is 6.81. The second kappa shape index (κ2) is 5.92. The zero-order chi connectivity index (χ0) is 10.4. The lowest BCUT2D eigenvalue weighted by Crippen LogP contribution is -2.35. The van der Waals surface area contributed by atoms with Crippen molar-refractivity contribution in [1.82, 2.24) is 4.90 Å². The second-order valence-corrected chi connectivity index (χ2v) is 4.31. The van der Waals surface area contributed by atoms with Crippen molar-refractivity contribution in [2.75, 3.05) is 19.3 Å². The van der Waals surface area contributed by atoms with Crippen LogP contribution in [0.15, 0.2) is 4.99 Å². The lowest BCUT2D eigenvalue weighted by Gasteiger charge is -2.32. The van der Waals surface area contributed by atoms with E-state index in [0.717, 1.165) is 24.2 Å². The topological polar surface area (TPSA) is 39.4 Å². The van der Waals surface area contributed by atoms with Crippen molar-refractivity contribution in [2.24, 2.45) is 10.9 Å². The molecule has 78 valence electrons. The average molecular weight is 211 g/mol. The van der Waals surface area contributed by atoms with Gasteiger partial charge in [0.2, 0.25) is 6.19 Å². The predicted molar refractivity (Wildman–Crippen MR) is 61.2 cm³/mol. The minimum absolute atomic E-state index is 0.825. The summed E-state index contributed by atoms with van der Waals surface area (Å²) in [6.07, 6.45) is 7.88. The van der Waals surface area contributed by atoms with Crippen molar-refractivity contribution in [3.8, 4) is 6.19 Å². The van der Waals surface area contributed by atoms with E-state index < -0.39 is 0 Å². The molecule has 0 radical (unpaired) electrons. The van der Waals surface area contributed by atoms with Crippen LogP contribution in [-0.4, -0.2) is 29.4 Å². The summed E-state index contributed by atoms with van der Waals surface area (Å²) in [6.45, 7) is 4.12. The molecule has 0 aliphatic heterocycles. The van der Waals surface area contributed by atoms with Crippen molar-refractivity contribution in [1.29, 1.82) is 5.26 Å². The van der Waals surface area contributed by atoms with E-state index in [1.807, 2.05) is 12.4 Å². The highest BCUT2D eigenvalue weighted by molar-refractivity contribution is 8.13. The van der Waals surface area contributed by atoms with E-state index >= 15 is 0 Å². The van der Waals surface area contributed by atoms with Crippen LogP contribution >= 0.6 is 11.8 Å². The van der Waals surface area contributed by atoms with E-state index in [9.17, 15) is 0 Å². The third-order valence-electron chi connectivity index (χ3n) is 2.68. The molecule has 1 saturated carbocycles. The van der Waals surface area contributed by atoms with Gasteiger partial charge in [-0.25, -0.2) is 0 Å². The number of thioether (sulfide) groups is 1. The maximum atomic E-state index is 8.54. The Morgan fingerprint density at radius 2 is 2.36 bits per heavy atom. The van der Waals surface area contributed by atoms with Crippen molar-refractivity contribution < 1.29 is 0 Å². The molecular weight excluding hydrogens is 194 g/mol. The molecule has 1 aliphatic rings. The summed E-state index contributed by atoms with van der Waals surface area (Å²) in [5.74, 6) is 0.825. The maximum absolute atomic E-state index is 8.54. The Bertz CT molecular complexity index is 240. The number of hydrogen-bond acceptors (Lipinski definition) is 3. The summed E-state index contributed by atoms with van der Waals surface area (Å²) < 4.78 is 0. The summed E-state index contributed by atoms with van der Waals surface area (Å²) in [6, 6.07) is 0. The third-order valence-corrected chi connectivity index (χ3v) is 3.40. The van der Waals surface area contributed by atoms with Gasteiger partial charge in [0.15, 0.2) is 5.17 Å². The minimum Gasteiger partial charge on any atom is -0.351 e. The summed E-state index contributed by atoms with van der Waals surface area (Å²) in [4.78, 5) is 6.04. The van der Waals surface area contributed by atoms with Gasteiger partial charge in [-0.3, -0.25) is 0 Å². The van der Waals surface area contributed by atoms with Gasteiger partial charge in [0.1, 0.15) is 0 Å². The molecule has 0 aromatic heterocycles. The molecule has 0 aromatic carbocycles. The van der Waals surface area contributed by atoms with Gasteiger partial charge in [-0.1, -0.05) is 18.2 Å². The van der Waals surface area contributed by atoms with Gasteiger partial charge in [0, 0.05) is 13.1 Å². The quantitative estimate of drug-likeness (QED) is 0.408. The van der Waals surface area contributed by atoms with Gasteiger partial charge in [0.05, 0.1) is 0 Å². The molecule has 0 heterocycles. The normalized spacial score (nSPS) is 17.4. The lowest BCUT2D eigenvalue weighted by molar-refractivity contribution is 0.247. The minimum atomic E-state index is 0.825. The molecule has 0 atom stereocenters. The van der Waals surface area contributed by atoms with E-state index in [0.29, 0.717) is 0 Å². The zero-order valence-corrected chi connectivity index (χ0v) is 9.68. The van der Waals surface area contributed by atoms with Gasteiger partial charge >= 0.3 is 0 Å². The van der Waals surface area contributed by atoms with Crippen LogP contribution in [0.4, 0.5) is 0 Å². The Morgan fingerprint density at radius 3 is 2.71 bits per heavy atom. The molecule has 0 amide bonds. The van der Waals surface area contributed by atoms with Crippen LogP contribution in [0.5, 0.6) is 0 Å². The van der Waals surface area contributed by atoms with Crippen molar-refractivity contribution in [2.45, 2.75) is 26.2 Å². The van der Waals surface area contributed by atoms with Gasteiger partial charge < -0.3 is 4.90 Å². The molecule has 0 bridgehead atoms. The Balaban J connectivity index is 2.50. The number of amidine groups is 1. The van der Waals surface area contributed by atoms with Gasteiger partial charge in [0.25, 0.3) is 0 Å². The first-order valence-electron chi connectivity index (χ1n) is 5.07. The highest BCUT2D eigenvalue weighted by Gasteiger charge is 2.21. The van der Waals surface area contributed by atoms with Crippen LogP contribution in [0.2, 0.25) is 0 Å². The zero-order valence-electron chi connectivity index (χ0n) is 8.86. The fraction of sp³-hybridized carbons (Fsp3) is 0.800. The fourth-order valence-corrected chi connectivity index (χ4v) is 2.21. The monoisotopic (exact) mass is 211 g/mol. The fourth-order valence-electron chi connectivity index (χ4n) is 1.62. The Labute approximate surface area is 90.2 Å². The first kappa shape index (κ1) is 11.4. The van der Waals surface area contributed by atoms with E-state index in [1.165, 1.54) is 19.3 Å². The Hall–Kier alpha value is -0.690.